The molecule has 0 aliphatic heterocycles. The van der Waals surface area contributed by atoms with Crippen LogP contribution in [0.25, 0.3) is 0 Å². The third-order valence-corrected chi connectivity index (χ3v) is 2.71. The summed E-state index contributed by atoms with van der Waals surface area (Å²) in [6.45, 7) is 0.168. The molecule has 2 rings (SSSR count). The average molecular weight is 288 g/mol. The van der Waals surface area contributed by atoms with Gasteiger partial charge in [0, 0.05) is 35.7 Å². The normalized spacial score (nSPS) is 9.86. The second kappa shape index (κ2) is 7.41. The summed E-state index contributed by atoms with van der Waals surface area (Å²) in [5, 5.41) is 8.72. The zero-order chi connectivity index (χ0) is 15.1. The van der Waals surface area contributed by atoms with Crippen LogP contribution in [-0.4, -0.2) is 11.7 Å². The standard InChI is InChI=1S/C17H14F2O2/c18-15-9-16(19)11-17(10-15)21-12-14-7-2-1-5-13(14)6-3-4-8-20/h1-2,5,7,9-11,20H,4,8,12H2. The van der Waals surface area contributed by atoms with Gasteiger partial charge in [0.2, 0.25) is 0 Å². The van der Waals surface area contributed by atoms with Gasteiger partial charge in [-0.3, -0.25) is 0 Å². The summed E-state index contributed by atoms with van der Waals surface area (Å²) in [6, 6.07) is 10.4. The van der Waals surface area contributed by atoms with Crippen molar-refractivity contribution in [3.05, 3.63) is 65.2 Å². The Morgan fingerprint density at radius 3 is 2.48 bits per heavy atom. The third kappa shape index (κ3) is 4.59. The molecule has 0 aliphatic carbocycles. The van der Waals surface area contributed by atoms with E-state index >= 15 is 0 Å². The van der Waals surface area contributed by atoms with Crippen molar-refractivity contribution in [2.75, 3.05) is 6.61 Å². The van der Waals surface area contributed by atoms with Crippen molar-refractivity contribution < 1.29 is 18.6 Å². The monoisotopic (exact) mass is 288 g/mol. The van der Waals surface area contributed by atoms with E-state index in [9.17, 15) is 8.78 Å². The van der Waals surface area contributed by atoms with Crippen LogP contribution in [0.4, 0.5) is 8.78 Å². The molecule has 2 nitrogen and oxygen atoms in total. The molecule has 0 unspecified atom stereocenters. The number of rotatable bonds is 4. The van der Waals surface area contributed by atoms with E-state index in [1.807, 2.05) is 24.3 Å². The van der Waals surface area contributed by atoms with Gasteiger partial charge < -0.3 is 9.84 Å². The van der Waals surface area contributed by atoms with Crippen LogP contribution in [0.3, 0.4) is 0 Å². The van der Waals surface area contributed by atoms with Crippen molar-refractivity contribution in [2.24, 2.45) is 0 Å². The van der Waals surface area contributed by atoms with Gasteiger partial charge in [-0.25, -0.2) is 8.78 Å². The number of halogens is 2. The Morgan fingerprint density at radius 2 is 1.76 bits per heavy atom. The van der Waals surface area contributed by atoms with Crippen molar-refractivity contribution in [1.29, 1.82) is 0 Å². The van der Waals surface area contributed by atoms with Crippen LogP contribution < -0.4 is 4.74 Å². The molecule has 2 aromatic carbocycles. The minimum Gasteiger partial charge on any atom is -0.489 e. The van der Waals surface area contributed by atoms with Gasteiger partial charge in [0.15, 0.2) is 0 Å². The molecule has 0 radical (unpaired) electrons. The molecule has 0 atom stereocenters. The van der Waals surface area contributed by atoms with Gasteiger partial charge in [-0.2, -0.15) is 0 Å². The molecule has 108 valence electrons. The molecule has 21 heavy (non-hydrogen) atoms. The summed E-state index contributed by atoms with van der Waals surface area (Å²) >= 11 is 0. The SMILES string of the molecule is OCCC#Cc1ccccc1COc1cc(F)cc(F)c1. The Hall–Kier alpha value is -2.38. The Balaban J connectivity index is 2.11. The van der Waals surface area contributed by atoms with Crippen LogP contribution in [-0.2, 0) is 6.61 Å². The molecule has 0 bridgehead atoms. The summed E-state index contributed by atoms with van der Waals surface area (Å²) in [4.78, 5) is 0. The zero-order valence-corrected chi connectivity index (χ0v) is 11.3. The van der Waals surface area contributed by atoms with E-state index in [0.717, 1.165) is 29.3 Å². The fraction of sp³-hybridized carbons (Fsp3) is 0.176. The maximum absolute atomic E-state index is 13.1. The van der Waals surface area contributed by atoms with E-state index in [0.29, 0.717) is 6.42 Å². The molecule has 1 N–H and O–H groups in total. The molecule has 4 heteroatoms. The third-order valence-electron chi connectivity index (χ3n) is 2.71. The van der Waals surface area contributed by atoms with E-state index < -0.39 is 11.6 Å². The van der Waals surface area contributed by atoms with Gasteiger partial charge in [0.05, 0.1) is 6.61 Å². The van der Waals surface area contributed by atoms with Gasteiger partial charge in [-0.1, -0.05) is 30.0 Å². The largest absolute Gasteiger partial charge is 0.489 e. The van der Waals surface area contributed by atoms with Crippen molar-refractivity contribution in [3.63, 3.8) is 0 Å². The molecule has 0 fully saturated rings. The summed E-state index contributed by atoms with van der Waals surface area (Å²) in [6.07, 6.45) is 0.393. The molecule has 0 spiro atoms. The number of ether oxygens (including phenoxy) is 1. The Bertz CT molecular complexity index is 652. The highest BCUT2D eigenvalue weighted by molar-refractivity contribution is 5.41. The van der Waals surface area contributed by atoms with Gasteiger partial charge in [-0.05, 0) is 6.07 Å². The maximum atomic E-state index is 13.1. The number of aliphatic hydroxyl groups is 1. The second-order valence-corrected chi connectivity index (χ2v) is 4.33. The van der Waals surface area contributed by atoms with Crippen LogP contribution in [0.5, 0.6) is 5.75 Å². The van der Waals surface area contributed by atoms with Gasteiger partial charge in [-0.15, -0.1) is 0 Å². The predicted octanol–water partition coefficient (Wildman–Crippen LogP) is 3.28. The Kier molecular flexibility index (Phi) is 5.30. The second-order valence-electron chi connectivity index (χ2n) is 4.33. The summed E-state index contributed by atoms with van der Waals surface area (Å²) in [7, 11) is 0. The van der Waals surface area contributed by atoms with Crippen LogP contribution >= 0.6 is 0 Å². The van der Waals surface area contributed by atoms with Crippen molar-refractivity contribution in [1.82, 2.24) is 0 Å². The van der Waals surface area contributed by atoms with Crippen molar-refractivity contribution >= 4 is 0 Å². The molecule has 0 amide bonds. The van der Waals surface area contributed by atoms with E-state index in [4.69, 9.17) is 9.84 Å². The first kappa shape index (κ1) is 15.0. The van der Waals surface area contributed by atoms with E-state index in [2.05, 4.69) is 11.8 Å². The van der Waals surface area contributed by atoms with Gasteiger partial charge >= 0.3 is 0 Å². The molecule has 0 saturated heterocycles. The van der Waals surface area contributed by atoms with Gasteiger partial charge in [0.25, 0.3) is 0 Å². The summed E-state index contributed by atoms with van der Waals surface area (Å²) < 4.78 is 31.5. The molecule has 0 heterocycles. The molecular formula is C17H14F2O2. The topological polar surface area (TPSA) is 29.5 Å². The lowest BCUT2D eigenvalue weighted by Gasteiger charge is -2.08. The van der Waals surface area contributed by atoms with E-state index in [-0.39, 0.29) is 19.0 Å². The zero-order valence-electron chi connectivity index (χ0n) is 11.3. The molecule has 0 aliphatic rings. The number of aliphatic hydroxyl groups excluding tert-OH is 1. The first-order chi connectivity index (χ1) is 10.2. The highest BCUT2D eigenvalue weighted by Crippen LogP contribution is 2.18. The predicted molar refractivity (Wildman–Crippen MR) is 75.7 cm³/mol. The number of benzene rings is 2. The fourth-order valence-corrected chi connectivity index (χ4v) is 1.75. The quantitative estimate of drug-likeness (QED) is 0.875. The first-order valence-electron chi connectivity index (χ1n) is 6.45. The number of hydrogen-bond donors (Lipinski definition) is 1. The molecule has 0 aromatic heterocycles. The highest BCUT2D eigenvalue weighted by atomic mass is 19.1. The Labute approximate surface area is 122 Å². The first-order valence-corrected chi connectivity index (χ1v) is 6.45. The maximum Gasteiger partial charge on any atom is 0.129 e. The number of hydrogen-bond acceptors (Lipinski definition) is 2. The Morgan fingerprint density at radius 1 is 1.05 bits per heavy atom. The highest BCUT2D eigenvalue weighted by Gasteiger charge is 2.04. The van der Waals surface area contributed by atoms with Crippen molar-refractivity contribution in [3.8, 4) is 17.6 Å². The van der Waals surface area contributed by atoms with Crippen molar-refractivity contribution in [2.45, 2.75) is 13.0 Å². The summed E-state index contributed by atoms with van der Waals surface area (Å²) in [5.41, 5.74) is 1.58. The van der Waals surface area contributed by atoms with Crippen LogP contribution in [0.2, 0.25) is 0 Å². The van der Waals surface area contributed by atoms with E-state index in [1.165, 1.54) is 0 Å². The van der Waals surface area contributed by atoms with Gasteiger partial charge in [0.1, 0.15) is 24.0 Å². The fourth-order valence-electron chi connectivity index (χ4n) is 1.75. The molecule has 2 aromatic rings. The smallest absolute Gasteiger partial charge is 0.129 e. The molecule has 0 saturated carbocycles. The van der Waals surface area contributed by atoms with Crippen LogP contribution in [0, 0.1) is 23.5 Å². The lowest BCUT2D eigenvalue weighted by atomic mass is 10.1. The minimum atomic E-state index is -0.680. The lowest BCUT2D eigenvalue weighted by molar-refractivity contribution is 0.302. The molecular weight excluding hydrogens is 274 g/mol. The van der Waals surface area contributed by atoms with Crippen LogP contribution in [0.15, 0.2) is 42.5 Å². The lowest BCUT2D eigenvalue weighted by Crippen LogP contribution is -1.99. The average Bonchev–Trinajstić information content (AvgIpc) is 2.45. The summed E-state index contributed by atoms with van der Waals surface area (Å²) in [5.74, 6) is 4.54. The minimum absolute atomic E-state index is 0.00817. The van der Waals surface area contributed by atoms with E-state index in [1.54, 1.807) is 0 Å². The van der Waals surface area contributed by atoms with Crippen LogP contribution in [0.1, 0.15) is 17.5 Å².